The van der Waals surface area contributed by atoms with E-state index in [0.29, 0.717) is 15.2 Å². The number of para-hydroxylation sites is 1. The van der Waals surface area contributed by atoms with E-state index in [2.05, 4.69) is 37.5 Å². The molecule has 5 heteroatoms. The van der Waals surface area contributed by atoms with E-state index in [0.717, 1.165) is 11.4 Å². The summed E-state index contributed by atoms with van der Waals surface area (Å²) in [4.78, 5) is 0. The Morgan fingerprint density at radius 3 is 2.27 bits per heavy atom. The molecule has 22 heavy (non-hydrogen) atoms. The van der Waals surface area contributed by atoms with Gasteiger partial charge in [-0.2, -0.15) is 0 Å². The highest BCUT2D eigenvalue weighted by molar-refractivity contribution is 7.80. The van der Waals surface area contributed by atoms with E-state index >= 15 is 0 Å². The predicted octanol–water partition coefficient (Wildman–Crippen LogP) is 6.10. The van der Waals surface area contributed by atoms with Gasteiger partial charge in [-0.1, -0.05) is 62.2 Å². The van der Waals surface area contributed by atoms with Gasteiger partial charge in [0.1, 0.15) is 0 Å². The molecule has 0 aliphatic heterocycles. The van der Waals surface area contributed by atoms with Gasteiger partial charge in [-0.15, -0.1) is 0 Å². The van der Waals surface area contributed by atoms with Gasteiger partial charge < -0.3 is 10.6 Å². The number of anilines is 2. The van der Waals surface area contributed by atoms with Crippen LogP contribution in [0.1, 0.15) is 26.3 Å². The second-order valence-electron chi connectivity index (χ2n) is 6.00. The Kier molecular flexibility index (Phi) is 5.32. The number of nitrogens with one attached hydrogen (secondary N) is 2. The minimum atomic E-state index is 0.0305. The first-order valence-electron chi connectivity index (χ1n) is 6.90. The number of hydrogen-bond donors (Lipinski definition) is 2. The van der Waals surface area contributed by atoms with E-state index in [1.807, 2.05) is 24.3 Å². The molecule has 0 spiro atoms. The van der Waals surface area contributed by atoms with Crippen molar-refractivity contribution < 1.29 is 0 Å². The van der Waals surface area contributed by atoms with Crippen molar-refractivity contribution in [3.8, 4) is 0 Å². The quantitative estimate of drug-likeness (QED) is 0.638. The lowest BCUT2D eigenvalue weighted by Crippen LogP contribution is -2.22. The molecule has 0 amide bonds. The van der Waals surface area contributed by atoms with Crippen LogP contribution in [0.25, 0.3) is 0 Å². The summed E-state index contributed by atoms with van der Waals surface area (Å²) >= 11 is 17.3. The number of hydrogen-bond acceptors (Lipinski definition) is 1. The molecule has 116 valence electrons. The molecule has 0 atom stereocenters. The molecule has 2 aromatic rings. The molecule has 0 aliphatic carbocycles. The first kappa shape index (κ1) is 17.1. The van der Waals surface area contributed by atoms with E-state index in [4.69, 9.17) is 35.4 Å². The minimum absolute atomic E-state index is 0.0305. The second-order valence-corrected chi connectivity index (χ2v) is 7.23. The third-order valence-electron chi connectivity index (χ3n) is 3.16. The Morgan fingerprint density at radius 1 is 0.955 bits per heavy atom. The molecule has 2 aromatic carbocycles. The molecule has 0 saturated carbocycles. The smallest absolute Gasteiger partial charge is 0.175 e. The first-order chi connectivity index (χ1) is 10.3. The zero-order valence-corrected chi connectivity index (χ0v) is 15.0. The van der Waals surface area contributed by atoms with Crippen LogP contribution in [0.15, 0.2) is 42.5 Å². The average molecular weight is 353 g/mol. The molecule has 0 heterocycles. The van der Waals surface area contributed by atoms with Crippen LogP contribution >= 0.6 is 35.4 Å². The SMILES string of the molecule is CC(C)(C)c1ccccc1NC(=S)Nc1ccc(Cl)c(Cl)c1. The summed E-state index contributed by atoms with van der Waals surface area (Å²) in [5, 5.41) is 7.88. The summed E-state index contributed by atoms with van der Waals surface area (Å²) in [7, 11) is 0. The van der Waals surface area contributed by atoms with Crippen molar-refractivity contribution in [2.45, 2.75) is 26.2 Å². The maximum absolute atomic E-state index is 6.01. The van der Waals surface area contributed by atoms with Crippen LogP contribution in [-0.4, -0.2) is 5.11 Å². The average Bonchev–Trinajstić information content (AvgIpc) is 2.42. The summed E-state index contributed by atoms with van der Waals surface area (Å²) in [6, 6.07) is 13.4. The van der Waals surface area contributed by atoms with Gasteiger partial charge in [-0.25, -0.2) is 0 Å². The molecule has 0 unspecified atom stereocenters. The van der Waals surface area contributed by atoms with E-state index in [1.54, 1.807) is 12.1 Å². The Morgan fingerprint density at radius 2 is 1.64 bits per heavy atom. The van der Waals surface area contributed by atoms with Crippen LogP contribution in [0, 0.1) is 0 Å². The molecule has 2 N–H and O–H groups in total. The number of rotatable bonds is 2. The Bertz CT molecular complexity index is 693. The highest BCUT2D eigenvalue weighted by Gasteiger charge is 2.17. The Labute approximate surface area is 146 Å². The fourth-order valence-corrected chi connectivity index (χ4v) is 2.63. The lowest BCUT2D eigenvalue weighted by atomic mass is 9.86. The standard InChI is InChI=1S/C17H18Cl2N2S/c1-17(2,3)12-6-4-5-7-15(12)21-16(22)20-11-8-9-13(18)14(19)10-11/h4-10H,1-3H3,(H2,20,21,22). The molecule has 0 fully saturated rings. The van der Waals surface area contributed by atoms with Crippen molar-refractivity contribution in [2.75, 3.05) is 10.6 Å². The Balaban J connectivity index is 2.14. The first-order valence-corrected chi connectivity index (χ1v) is 8.06. The normalized spacial score (nSPS) is 11.1. The van der Waals surface area contributed by atoms with Crippen LogP contribution in [0.4, 0.5) is 11.4 Å². The number of thiocarbonyl (C=S) groups is 1. The minimum Gasteiger partial charge on any atom is -0.332 e. The molecule has 0 bridgehead atoms. The maximum atomic E-state index is 6.01. The topological polar surface area (TPSA) is 24.1 Å². The van der Waals surface area contributed by atoms with E-state index in [9.17, 15) is 0 Å². The summed E-state index contributed by atoms with van der Waals surface area (Å²) in [5.41, 5.74) is 3.02. The second kappa shape index (κ2) is 6.86. The highest BCUT2D eigenvalue weighted by atomic mass is 35.5. The third-order valence-corrected chi connectivity index (χ3v) is 4.10. The van der Waals surface area contributed by atoms with Gasteiger partial charge in [0.05, 0.1) is 10.0 Å². The van der Waals surface area contributed by atoms with Gasteiger partial charge in [0, 0.05) is 11.4 Å². The van der Waals surface area contributed by atoms with Crippen LogP contribution in [0.3, 0.4) is 0 Å². The third kappa shape index (κ3) is 4.35. The zero-order chi connectivity index (χ0) is 16.3. The fraction of sp³-hybridized carbons (Fsp3) is 0.235. The molecular formula is C17H18Cl2N2S. The largest absolute Gasteiger partial charge is 0.332 e. The van der Waals surface area contributed by atoms with Crippen molar-refractivity contribution in [3.63, 3.8) is 0 Å². The van der Waals surface area contributed by atoms with Gasteiger partial charge in [-0.3, -0.25) is 0 Å². The molecule has 0 aromatic heterocycles. The van der Waals surface area contributed by atoms with Crippen molar-refractivity contribution in [1.82, 2.24) is 0 Å². The lowest BCUT2D eigenvalue weighted by Gasteiger charge is -2.23. The number of halogens is 2. The van der Waals surface area contributed by atoms with Crippen LogP contribution < -0.4 is 10.6 Å². The van der Waals surface area contributed by atoms with Gasteiger partial charge in [0.15, 0.2) is 5.11 Å². The van der Waals surface area contributed by atoms with Crippen LogP contribution in [-0.2, 0) is 5.41 Å². The van der Waals surface area contributed by atoms with Crippen LogP contribution in [0.2, 0.25) is 10.0 Å². The van der Waals surface area contributed by atoms with Crippen molar-refractivity contribution in [3.05, 3.63) is 58.1 Å². The van der Waals surface area contributed by atoms with Crippen molar-refractivity contribution in [1.29, 1.82) is 0 Å². The summed E-state index contributed by atoms with van der Waals surface area (Å²) < 4.78 is 0. The van der Waals surface area contributed by atoms with Gasteiger partial charge in [0.2, 0.25) is 0 Å². The molecule has 2 rings (SSSR count). The van der Waals surface area contributed by atoms with Gasteiger partial charge in [-0.05, 0) is 47.5 Å². The van der Waals surface area contributed by atoms with E-state index < -0.39 is 0 Å². The van der Waals surface area contributed by atoms with Gasteiger partial charge in [0.25, 0.3) is 0 Å². The van der Waals surface area contributed by atoms with E-state index in [1.165, 1.54) is 5.56 Å². The van der Waals surface area contributed by atoms with Crippen molar-refractivity contribution in [2.24, 2.45) is 0 Å². The monoisotopic (exact) mass is 352 g/mol. The molecular weight excluding hydrogens is 335 g/mol. The summed E-state index contributed by atoms with van der Waals surface area (Å²) in [6.45, 7) is 6.51. The molecule has 0 saturated heterocycles. The highest BCUT2D eigenvalue weighted by Crippen LogP contribution is 2.29. The van der Waals surface area contributed by atoms with Crippen LogP contribution in [0.5, 0.6) is 0 Å². The summed E-state index contributed by atoms with van der Waals surface area (Å²) in [6.07, 6.45) is 0. The molecule has 2 nitrogen and oxygen atoms in total. The zero-order valence-electron chi connectivity index (χ0n) is 12.7. The predicted molar refractivity (Wildman–Crippen MR) is 101 cm³/mol. The Hall–Kier alpha value is -1.29. The molecule has 0 aliphatic rings. The molecule has 0 radical (unpaired) electrons. The van der Waals surface area contributed by atoms with E-state index in [-0.39, 0.29) is 5.41 Å². The summed E-state index contributed by atoms with van der Waals surface area (Å²) in [5.74, 6) is 0. The van der Waals surface area contributed by atoms with Crippen molar-refractivity contribution >= 4 is 51.9 Å². The maximum Gasteiger partial charge on any atom is 0.175 e. The lowest BCUT2D eigenvalue weighted by molar-refractivity contribution is 0.592. The van der Waals surface area contributed by atoms with Gasteiger partial charge >= 0.3 is 0 Å². The fourth-order valence-electron chi connectivity index (χ4n) is 2.10. The number of benzene rings is 2.